The third-order valence-corrected chi connectivity index (χ3v) is 3.98. The molecule has 0 aliphatic carbocycles. The zero-order valence-corrected chi connectivity index (χ0v) is 14.3. The lowest BCUT2D eigenvalue weighted by Gasteiger charge is -2.14. The van der Waals surface area contributed by atoms with Gasteiger partial charge in [-0.3, -0.25) is 4.79 Å². The Morgan fingerprint density at radius 3 is 2.73 bits per heavy atom. The molecule has 3 rings (SSSR count). The zero-order chi connectivity index (χ0) is 18.7. The van der Waals surface area contributed by atoms with Crippen molar-refractivity contribution in [2.75, 3.05) is 7.11 Å². The molecule has 1 N–H and O–H groups in total. The van der Waals surface area contributed by atoms with Crippen LogP contribution in [0.25, 0.3) is 11.1 Å². The maximum atomic E-state index is 13.7. The van der Waals surface area contributed by atoms with Crippen molar-refractivity contribution in [1.82, 2.24) is 10.2 Å². The van der Waals surface area contributed by atoms with E-state index in [-0.39, 0.29) is 18.1 Å². The fourth-order valence-electron chi connectivity index (χ4n) is 2.80. The van der Waals surface area contributed by atoms with Crippen molar-refractivity contribution in [2.45, 2.75) is 19.3 Å². The van der Waals surface area contributed by atoms with Crippen molar-refractivity contribution < 1.29 is 23.4 Å². The van der Waals surface area contributed by atoms with Crippen LogP contribution in [0, 0.1) is 12.7 Å². The van der Waals surface area contributed by atoms with Crippen LogP contribution in [0.15, 0.2) is 46.9 Å². The minimum absolute atomic E-state index is 0.203. The number of carbonyl (C=O) groups is 1. The summed E-state index contributed by atoms with van der Waals surface area (Å²) in [6, 6.07) is 11.4. The summed E-state index contributed by atoms with van der Waals surface area (Å²) in [7, 11) is 1.51. The van der Waals surface area contributed by atoms with Crippen molar-refractivity contribution in [3.05, 3.63) is 65.6 Å². The van der Waals surface area contributed by atoms with Crippen molar-refractivity contribution in [2.24, 2.45) is 0 Å². The van der Waals surface area contributed by atoms with Crippen molar-refractivity contribution in [3.8, 4) is 16.9 Å². The molecule has 6 nitrogen and oxygen atoms in total. The highest BCUT2D eigenvalue weighted by atomic mass is 19.1. The minimum atomic E-state index is -0.986. The normalized spacial score (nSPS) is 12.0. The Morgan fingerprint density at radius 1 is 1.27 bits per heavy atom. The van der Waals surface area contributed by atoms with Crippen LogP contribution in [0.2, 0.25) is 0 Å². The first-order valence-corrected chi connectivity index (χ1v) is 7.93. The van der Waals surface area contributed by atoms with Gasteiger partial charge in [0.2, 0.25) is 11.8 Å². The van der Waals surface area contributed by atoms with E-state index >= 15 is 0 Å². The second kappa shape index (κ2) is 7.35. The van der Waals surface area contributed by atoms with Gasteiger partial charge >= 0.3 is 5.97 Å². The lowest BCUT2D eigenvalue weighted by atomic mass is 9.92. The Morgan fingerprint density at radius 2 is 2.08 bits per heavy atom. The van der Waals surface area contributed by atoms with E-state index in [0.29, 0.717) is 28.3 Å². The number of methoxy groups -OCH3 is 1. The van der Waals surface area contributed by atoms with Gasteiger partial charge in [-0.25, -0.2) is 4.39 Å². The largest absolute Gasteiger partial charge is 0.496 e. The molecule has 26 heavy (non-hydrogen) atoms. The molecule has 1 atom stereocenters. The maximum Gasteiger partial charge on any atom is 0.304 e. The molecule has 0 aliphatic rings. The number of hydrogen-bond donors (Lipinski definition) is 1. The summed E-state index contributed by atoms with van der Waals surface area (Å²) in [5, 5.41) is 17.0. The van der Waals surface area contributed by atoms with E-state index in [9.17, 15) is 14.3 Å². The summed E-state index contributed by atoms with van der Waals surface area (Å²) < 4.78 is 24.4. The van der Waals surface area contributed by atoms with Crippen LogP contribution >= 0.6 is 0 Å². The number of aryl methyl sites for hydroxylation is 1. The number of carboxylic acid groups (broad SMARTS) is 1. The Bertz CT molecular complexity index is 939. The van der Waals surface area contributed by atoms with E-state index in [2.05, 4.69) is 10.2 Å². The highest BCUT2D eigenvalue weighted by Crippen LogP contribution is 2.34. The summed E-state index contributed by atoms with van der Waals surface area (Å²) in [6.07, 6.45) is -0.203. The number of nitrogens with zero attached hydrogens (tertiary/aromatic N) is 2. The number of carboxylic acids is 1. The van der Waals surface area contributed by atoms with E-state index in [1.165, 1.54) is 19.2 Å². The molecule has 0 spiro atoms. The number of aliphatic carboxylic acids is 1. The van der Waals surface area contributed by atoms with Gasteiger partial charge in [0, 0.05) is 12.5 Å². The standard InChI is InChI=1S/C19H17FN2O4/c1-11-21-22-19(26-11)16(10-18(23)24)13-5-3-4-12(8-13)15-9-14(20)6-7-17(15)25-2/h3-9,16H,10H2,1-2H3,(H,23,24). The van der Waals surface area contributed by atoms with Gasteiger partial charge in [-0.05, 0) is 29.3 Å². The Kier molecular flexibility index (Phi) is 4.97. The molecule has 134 valence electrons. The van der Waals surface area contributed by atoms with E-state index in [4.69, 9.17) is 9.15 Å². The van der Waals surface area contributed by atoms with Crippen LogP contribution in [-0.2, 0) is 4.79 Å². The smallest absolute Gasteiger partial charge is 0.304 e. The minimum Gasteiger partial charge on any atom is -0.496 e. The van der Waals surface area contributed by atoms with Crippen LogP contribution in [0.5, 0.6) is 5.75 Å². The number of halogens is 1. The van der Waals surface area contributed by atoms with Crippen LogP contribution in [0.1, 0.15) is 29.7 Å². The Balaban J connectivity index is 2.07. The third kappa shape index (κ3) is 3.72. The third-order valence-electron chi connectivity index (χ3n) is 3.98. The average Bonchev–Trinajstić information content (AvgIpc) is 3.05. The molecule has 0 fully saturated rings. The van der Waals surface area contributed by atoms with Gasteiger partial charge in [0.05, 0.1) is 19.4 Å². The number of aromatic nitrogens is 2. The molecule has 0 bridgehead atoms. The SMILES string of the molecule is COc1ccc(F)cc1-c1cccc(C(CC(=O)O)c2nnc(C)o2)c1. The highest BCUT2D eigenvalue weighted by molar-refractivity contribution is 5.72. The second-order valence-electron chi connectivity index (χ2n) is 5.78. The Hall–Kier alpha value is -3.22. The molecule has 1 aromatic heterocycles. The molecule has 7 heteroatoms. The number of rotatable bonds is 6. The monoisotopic (exact) mass is 356 g/mol. The van der Waals surface area contributed by atoms with E-state index in [0.717, 1.165) is 0 Å². The molecular formula is C19H17FN2O4. The van der Waals surface area contributed by atoms with Gasteiger partial charge in [0.15, 0.2) is 0 Å². The second-order valence-corrected chi connectivity index (χ2v) is 5.78. The molecule has 0 amide bonds. The van der Waals surface area contributed by atoms with E-state index < -0.39 is 11.9 Å². The first-order chi connectivity index (χ1) is 12.5. The summed E-state index contributed by atoms with van der Waals surface area (Å²) in [5.41, 5.74) is 1.95. The fraction of sp³-hybridized carbons (Fsp3) is 0.211. The van der Waals surface area contributed by atoms with Gasteiger partial charge in [-0.2, -0.15) is 0 Å². The molecule has 0 radical (unpaired) electrons. The van der Waals surface area contributed by atoms with Gasteiger partial charge in [-0.15, -0.1) is 10.2 Å². The molecular weight excluding hydrogens is 339 g/mol. The summed E-state index contributed by atoms with van der Waals surface area (Å²) in [6.45, 7) is 1.64. The van der Waals surface area contributed by atoms with E-state index in [1.807, 2.05) is 0 Å². The number of ether oxygens (including phenoxy) is 1. The van der Waals surface area contributed by atoms with E-state index in [1.54, 1.807) is 37.3 Å². The lowest BCUT2D eigenvalue weighted by Crippen LogP contribution is -2.08. The number of hydrogen-bond acceptors (Lipinski definition) is 5. The predicted octanol–water partition coefficient (Wildman–Crippen LogP) is 3.80. The van der Waals surface area contributed by atoms with Crippen LogP contribution in [0.4, 0.5) is 4.39 Å². The number of benzene rings is 2. The molecule has 1 unspecified atom stereocenters. The summed E-state index contributed by atoms with van der Waals surface area (Å²) in [5.74, 6) is -0.868. The van der Waals surface area contributed by atoms with Crippen molar-refractivity contribution in [3.63, 3.8) is 0 Å². The first-order valence-electron chi connectivity index (χ1n) is 7.93. The molecule has 1 heterocycles. The molecule has 2 aromatic carbocycles. The van der Waals surface area contributed by atoms with Gasteiger partial charge in [-0.1, -0.05) is 24.3 Å². The maximum absolute atomic E-state index is 13.7. The molecule has 0 saturated carbocycles. The fourth-order valence-corrected chi connectivity index (χ4v) is 2.80. The van der Waals surface area contributed by atoms with Gasteiger partial charge in [0.1, 0.15) is 11.6 Å². The molecule has 0 saturated heterocycles. The highest BCUT2D eigenvalue weighted by Gasteiger charge is 2.24. The predicted molar refractivity (Wildman–Crippen MR) is 91.5 cm³/mol. The van der Waals surface area contributed by atoms with Crippen molar-refractivity contribution in [1.29, 1.82) is 0 Å². The Labute approximate surface area is 149 Å². The average molecular weight is 356 g/mol. The van der Waals surface area contributed by atoms with Crippen LogP contribution in [0.3, 0.4) is 0 Å². The van der Waals surface area contributed by atoms with Gasteiger partial charge in [0.25, 0.3) is 0 Å². The summed E-state index contributed by atoms with van der Waals surface area (Å²) >= 11 is 0. The quantitative estimate of drug-likeness (QED) is 0.723. The molecule has 3 aromatic rings. The van der Waals surface area contributed by atoms with Crippen molar-refractivity contribution >= 4 is 5.97 Å². The van der Waals surface area contributed by atoms with Crippen LogP contribution in [-0.4, -0.2) is 28.4 Å². The molecule has 0 aliphatic heterocycles. The lowest BCUT2D eigenvalue weighted by molar-refractivity contribution is -0.137. The summed E-state index contributed by atoms with van der Waals surface area (Å²) in [4.78, 5) is 11.3. The topological polar surface area (TPSA) is 85.5 Å². The van der Waals surface area contributed by atoms with Gasteiger partial charge < -0.3 is 14.3 Å². The van der Waals surface area contributed by atoms with Crippen LogP contribution < -0.4 is 4.74 Å². The zero-order valence-electron chi connectivity index (χ0n) is 14.3. The first kappa shape index (κ1) is 17.6.